The monoisotopic (exact) mass is 386 g/mol. The largest absolute Gasteiger partial charge is 0.380 e. The normalized spacial score (nSPS) is 12.3. The van der Waals surface area contributed by atoms with Crippen LogP contribution in [-0.2, 0) is 13.6 Å². The number of likely N-dealkylation sites (N-methyl/N-ethyl adjacent to an activating group) is 1. The molecule has 3 aromatic rings. The first-order valence-corrected chi connectivity index (χ1v) is 9.02. The predicted octanol–water partition coefficient (Wildman–Crippen LogP) is 2.39. The van der Waals surface area contributed by atoms with Gasteiger partial charge >= 0.3 is 0 Å². The summed E-state index contributed by atoms with van der Waals surface area (Å²) in [6.07, 6.45) is 5.41. The fraction of sp³-hybridized carbons (Fsp3) is 0.316. The van der Waals surface area contributed by atoms with E-state index in [0.717, 1.165) is 11.1 Å². The highest BCUT2D eigenvalue weighted by Gasteiger charge is 2.17. The van der Waals surface area contributed by atoms with E-state index in [-0.39, 0.29) is 16.6 Å². The van der Waals surface area contributed by atoms with Crippen molar-refractivity contribution in [3.05, 3.63) is 75.4 Å². The maximum absolute atomic E-state index is 12.6. The van der Waals surface area contributed by atoms with Crippen molar-refractivity contribution in [3.63, 3.8) is 0 Å². The van der Waals surface area contributed by atoms with Crippen molar-refractivity contribution < 1.29 is 0 Å². The quantitative estimate of drug-likeness (QED) is 0.675. The lowest BCUT2D eigenvalue weighted by molar-refractivity contribution is 0.311. The molecule has 0 bridgehead atoms. The molecule has 0 spiro atoms. The van der Waals surface area contributed by atoms with E-state index in [1.807, 2.05) is 63.9 Å². The van der Waals surface area contributed by atoms with Gasteiger partial charge in [-0.1, -0.05) is 41.9 Å². The van der Waals surface area contributed by atoms with E-state index < -0.39 is 0 Å². The number of nitrogens with zero attached hydrogens (tertiary/aromatic N) is 5. The molecule has 3 rings (SSSR count). The Morgan fingerprint density at radius 2 is 1.93 bits per heavy atom. The molecular weight excluding hydrogens is 364 g/mol. The number of benzene rings is 1. The second-order valence-electron chi connectivity index (χ2n) is 6.63. The van der Waals surface area contributed by atoms with Crippen LogP contribution in [0.5, 0.6) is 0 Å². The van der Waals surface area contributed by atoms with Crippen LogP contribution in [0.2, 0.25) is 5.02 Å². The lowest BCUT2D eigenvalue weighted by Crippen LogP contribution is -2.28. The summed E-state index contributed by atoms with van der Waals surface area (Å²) in [6, 6.07) is 9.77. The Morgan fingerprint density at radius 3 is 2.56 bits per heavy atom. The Hall–Kier alpha value is -2.64. The molecule has 0 aliphatic carbocycles. The Kier molecular flexibility index (Phi) is 5.93. The van der Waals surface area contributed by atoms with Crippen LogP contribution < -0.4 is 10.9 Å². The van der Waals surface area contributed by atoms with Gasteiger partial charge in [-0.25, -0.2) is 4.68 Å². The summed E-state index contributed by atoms with van der Waals surface area (Å²) in [5.41, 5.74) is 2.29. The van der Waals surface area contributed by atoms with Gasteiger partial charge in [-0.05, 0) is 19.7 Å². The van der Waals surface area contributed by atoms with Gasteiger partial charge in [0.05, 0.1) is 30.7 Å². The molecule has 1 unspecified atom stereocenters. The third-order valence-corrected chi connectivity index (χ3v) is 4.74. The summed E-state index contributed by atoms with van der Waals surface area (Å²) in [5.74, 6) is 0. The summed E-state index contributed by atoms with van der Waals surface area (Å²) < 4.78 is 3.14. The molecule has 2 heterocycles. The van der Waals surface area contributed by atoms with Gasteiger partial charge in [0.15, 0.2) is 0 Å². The van der Waals surface area contributed by atoms with Crippen LogP contribution >= 0.6 is 11.6 Å². The summed E-state index contributed by atoms with van der Waals surface area (Å²) in [4.78, 5) is 14.6. The average Bonchev–Trinajstić information content (AvgIpc) is 3.07. The van der Waals surface area contributed by atoms with Crippen LogP contribution in [0.25, 0.3) is 0 Å². The molecule has 1 aromatic carbocycles. The van der Waals surface area contributed by atoms with Gasteiger partial charge in [-0.15, -0.1) is 0 Å². The van der Waals surface area contributed by atoms with Crippen molar-refractivity contribution in [1.82, 2.24) is 24.5 Å². The minimum absolute atomic E-state index is 0.0847. The number of rotatable bonds is 7. The van der Waals surface area contributed by atoms with E-state index in [0.29, 0.717) is 18.8 Å². The zero-order valence-corrected chi connectivity index (χ0v) is 16.4. The van der Waals surface area contributed by atoms with Crippen LogP contribution in [0.15, 0.2) is 53.7 Å². The van der Waals surface area contributed by atoms with Crippen molar-refractivity contribution in [2.45, 2.75) is 12.6 Å². The summed E-state index contributed by atoms with van der Waals surface area (Å²) >= 11 is 6.31. The van der Waals surface area contributed by atoms with Crippen molar-refractivity contribution in [2.75, 3.05) is 26.0 Å². The summed E-state index contributed by atoms with van der Waals surface area (Å²) in [6.45, 7) is 0.956. The lowest BCUT2D eigenvalue weighted by Gasteiger charge is -2.24. The number of halogens is 1. The smallest absolute Gasteiger partial charge is 0.287 e. The number of nitrogens with one attached hydrogen (secondary N) is 1. The number of anilines is 1. The van der Waals surface area contributed by atoms with Gasteiger partial charge in [-0.2, -0.15) is 10.2 Å². The van der Waals surface area contributed by atoms with Crippen molar-refractivity contribution >= 4 is 17.3 Å². The molecular formula is C19H23ClN6O. The van der Waals surface area contributed by atoms with Gasteiger partial charge in [0.25, 0.3) is 5.56 Å². The molecule has 0 fully saturated rings. The first-order valence-electron chi connectivity index (χ1n) is 8.64. The highest BCUT2D eigenvalue weighted by Crippen LogP contribution is 2.21. The SMILES string of the molecule is CN(C)C(CNc1cnn(Cc2ccccc2)c(=O)c1Cl)c1cnn(C)c1. The Balaban J connectivity index is 1.75. The Labute approximate surface area is 163 Å². The van der Waals surface area contributed by atoms with Crippen LogP contribution in [0, 0.1) is 0 Å². The highest BCUT2D eigenvalue weighted by atomic mass is 35.5. The zero-order valence-electron chi connectivity index (χ0n) is 15.6. The van der Waals surface area contributed by atoms with Crippen LogP contribution in [0.3, 0.4) is 0 Å². The molecule has 0 saturated heterocycles. The zero-order chi connectivity index (χ0) is 19.4. The Morgan fingerprint density at radius 1 is 1.19 bits per heavy atom. The molecule has 1 atom stereocenters. The second-order valence-corrected chi connectivity index (χ2v) is 7.01. The highest BCUT2D eigenvalue weighted by molar-refractivity contribution is 6.32. The van der Waals surface area contributed by atoms with Crippen LogP contribution in [0.4, 0.5) is 5.69 Å². The van der Waals surface area contributed by atoms with Crippen molar-refractivity contribution in [3.8, 4) is 0 Å². The predicted molar refractivity (Wildman–Crippen MR) is 107 cm³/mol. The minimum atomic E-state index is -0.312. The average molecular weight is 387 g/mol. The van der Waals surface area contributed by atoms with Gasteiger partial charge < -0.3 is 10.2 Å². The maximum Gasteiger partial charge on any atom is 0.287 e. The van der Waals surface area contributed by atoms with Crippen LogP contribution in [-0.4, -0.2) is 45.1 Å². The standard InChI is InChI=1S/C19H23ClN6O/c1-24(2)17(15-9-22-25(3)13-15)11-21-16-10-23-26(19(27)18(16)20)12-14-7-5-4-6-8-14/h4-10,13,17,21H,11-12H2,1-3H3. The number of hydrogen-bond donors (Lipinski definition) is 1. The third-order valence-electron chi connectivity index (χ3n) is 4.38. The van der Waals surface area contributed by atoms with Crippen molar-refractivity contribution in [2.24, 2.45) is 7.05 Å². The molecule has 0 aliphatic rings. The number of hydrogen-bond acceptors (Lipinski definition) is 5. The van der Waals surface area contributed by atoms with Gasteiger partial charge in [-0.3, -0.25) is 9.48 Å². The fourth-order valence-electron chi connectivity index (χ4n) is 2.87. The van der Waals surface area contributed by atoms with Gasteiger partial charge in [0.2, 0.25) is 0 Å². The topological polar surface area (TPSA) is 68.0 Å². The molecule has 27 heavy (non-hydrogen) atoms. The number of aryl methyl sites for hydroxylation is 1. The van der Waals surface area contributed by atoms with Crippen LogP contribution in [0.1, 0.15) is 17.2 Å². The Bertz CT molecular complexity index is 950. The van der Waals surface area contributed by atoms with E-state index in [4.69, 9.17) is 11.6 Å². The van der Waals surface area contributed by atoms with Gasteiger partial charge in [0.1, 0.15) is 5.02 Å². The molecule has 0 radical (unpaired) electrons. The third kappa shape index (κ3) is 4.56. The summed E-state index contributed by atoms with van der Waals surface area (Å²) in [7, 11) is 5.88. The van der Waals surface area contributed by atoms with E-state index >= 15 is 0 Å². The van der Waals surface area contributed by atoms with E-state index in [1.165, 1.54) is 4.68 Å². The molecule has 2 aromatic heterocycles. The van der Waals surface area contributed by atoms with E-state index in [9.17, 15) is 4.79 Å². The second kappa shape index (κ2) is 8.37. The molecule has 8 heteroatoms. The fourth-order valence-corrected chi connectivity index (χ4v) is 3.09. The minimum Gasteiger partial charge on any atom is -0.380 e. The molecule has 0 saturated carbocycles. The molecule has 1 N–H and O–H groups in total. The summed E-state index contributed by atoms with van der Waals surface area (Å²) in [5, 5.41) is 11.9. The first kappa shape index (κ1) is 19.1. The molecule has 0 aliphatic heterocycles. The van der Waals surface area contributed by atoms with E-state index in [2.05, 4.69) is 20.4 Å². The molecule has 142 valence electrons. The van der Waals surface area contributed by atoms with Gasteiger partial charge in [0, 0.05) is 25.4 Å². The number of aromatic nitrogens is 4. The first-order chi connectivity index (χ1) is 13.0. The van der Waals surface area contributed by atoms with Crippen molar-refractivity contribution in [1.29, 1.82) is 0 Å². The molecule has 0 amide bonds. The maximum atomic E-state index is 12.6. The van der Waals surface area contributed by atoms with E-state index in [1.54, 1.807) is 10.9 Å². The lowest BCUT2D eigenvalue weighted by atomic mass is 10.1. The molecule has 7 nitrogen and oxygen atoms in total.